The molecule has 1 aliphatic rings. The molecular formula is C13H24N2O3S. The van der Waals surface area contributed by atoms with Crippen molar-refractivity contribution in [1.82, 2.24) is 9.80 Å². The Balaban J connectivity index is 3.01. The maximum atomic E-state index is 12.6. The summed E-state index contributed by atoms with van der Waals surface area (Å²) in [6.45, 7) is 10.5. The molecule has 5 nitrogen and oxygen atoms in total. The van der Waals surface area contributed by atoms with Gasteiger partial charge in [0.2, 0.25) is 0 Å². The van der Waals surface area contributed by atoms with Crippen LogP contribution in [0.2, 0.25) is 0 Å². The van der Waals surface area contributed by atoms with Crippen LogP contribution in [0.1, 0.15) is 34.6 Å². The minimum atomic E-state index is -0.913. The number of urea groups is 1. The smallest absolute Gasteiger partial charge is 0.327 e. The fourth-order valence-corrected chi connectivity index (χ4v) is 3.81. The van der Waals surface area contributed by atoms with Crippen molar-refractivity contribution >= 4 is 23.8 Å². The lowest BCUT2D eigenvalue weighted by atomic mass is 10.1. The molecule has 0 radical (unpaired) electrons. The van der Waals surface area contributed by atoms with Crippen LogP contribution in [-0.2, 0) is 4.79 Å². The van der Waals surface area contributed by atoms with Gasteiger partial charge in [-0.15, -0.1) is 11.8 Å². The number of thioether (sulfide) groups is 1. The average molecular weight is 288 g/mol. The second kappa shape index (κ2) is 6.50. The lowest BCUT2D eigenvalue weighted by Gasteiger charge is -2.36. The van der Waals surface area contributed by atoms with Crippen molar-refractivity contribution in [2.24, 2.45) is 5.92 Å². The summed E-state index contributed by atoms with van der Waals surface area (Å²) in [6, 6.07) is -0.795. The van der Waals surface area contributed by atoms with Crippen molar-refractivity contribution < 1.29 is 14.7 Å². The summed E-state index contributed by atoms with van der Waals surface area (Å²) in [7, 11) is 0. The monoisotopic (exact) mass is 288 g/mol. The van der Waals surface area contributed by atoms with E-state index in [1.165, 1.54) is 0 Å². The minimum Gasteiger partial charge on any atom is -0.480 e. The normalized spacial score (nSPS) is 23.2. The van der Waals surface area contributed by atoms with Crippen LogP contribution in [-0.4, -0.2) is 56.7 Å². The fraction of sp³-hybridized carbons (Fsp3) is 0.846. The van der Waals surface area contributed by atoms with E-state index < -0.39 is 12.0 Å². The van der Waals surface area contributed by atoms with Gasteiger partial charge in [0, 0.05) is 18.3 Å². The number of aliphatic carboxylic acids is 1. The predicted octanol–water partition coefficient (Wildman–Crippen LogP) is 2.32. The number of carbonyl (C=O) groups is 2. The molecule has 0 spiro atoms. The molecule has 1 rings (SSSR count). The van der Waals surface area contributed by atoms with Crippen molar-refractivity contribution in [2.45, 2.75) is 52.1 Å². The second-order valence-corrected chi connectivity index (χ2v) is 6.54. The Labute approximate surface area is 119 Å². The Hall–Kier alpha value is -0.910. The lowest BCUT2D eigenvalue weighted by Crippen LogP contribution is -2.54. The number of carboxylic acid groups (broad SMARTS) is 1. The van der Waals surface area contributed by atoms with Gasteiger partial charge >= 0.3 is 12.0 Å². The zero-order chi connectivity index (χ0) is 14.7. The molecule has 110 valence electrons. The van der Waals surface area contributed by atoms with Crippen LogP contribution in [0.25, 0.3) is 0 Å². The quantitative estimate of drug-likeness (QED) is 0.862. The van der Waals surface area contributed by atoms with Crippen LogP contribution in [0.5, 0.6) is 0 Å². The summed E-state index contributed by atoms with van der Waals surface area (Å²) in [6.07, 6.45) is 0. The van der Waals surface area contributed by atoms with E-state index in [0.717, 1.165) is 0 Å². The van der Waals surface area contributed by atoms with E-state index in [1.807, 2.05) is 34.6 Å². The second-order valence-electron chi connectivity index (χ2n) is 5.39. The minimum absolute atomic E-state index is 0.0543. The Bertz CT molecular complexity index is 347. The molecule has 1 fully saturated rings. The molecule has 1 aliphatic heterocycles. The highest BCUT2D eigenvalue weighted by Gasteiger charge is 2.44. The molecule has 2 atom stereocenters. The standard InChI is InChI=1S/C13H24N2O3S/c1-6-14(9(4)5)13(18)15-10(12(16)17)7-19-11(15)8(2)3/h8-11H,6-7H2,1-5H3,(H,16,17). The van der Waals surface area contributed by atoms with E-state index in [0.29, 0.717) is 12.3 Å². The van der Waals surface area contributed by atoms with Gasteiger partial charge in [-0.25, -0.2) is 9.59 Å². The molecular weight excluding hydrogens is 264 g/mol. The first-order chi connectivity index (χ1) is 8.81. The number of carboxylic acids is 1. The van der Waals surface area contributed by atoms with Gasteiger partial charge in [-0.1, -0.05) is 13.8 Å². The summed E-state index contributed by atoms with van der Waals surface area (Å²) in [5.41, 5.74) is 0. The summed E-state index contributed by atoms with van der Waals surface area (Å²) < 4.78 is 0. The lowest BCUT2D eigenvalue weighted by molar-refractivity contribution is -0.141. The van der Waals surface area contributed by atoms with E-state index in [2.05, 4.69) is 0 Å². The molecule has 0 aliphatic carbocycles. The number of nitrogens with zero attached hydrogens (tertiary/aromatic N) is 2. The van der Waals surface area contributed by atoms with Crippen molar-refractivity contribution in [1.29, 1.82) is 0 Å². The molecule has 0 aromatic rings. The SMILES string of the molecule is CCN(C(=O)N1C(C(=O)O)CSC1C(C)C)C(C)C. The van der Waals surface area contributed by atoms with Crippen molar-refractivity contribution in [2.75, 3.05) is 12.3 Å². The number of hydrogen-bond acceptors (Lipinski definition) is 3. The predicted molar refractivity (Wildman–Crippen MR) is 77.3 cm³/mol. The first-order valence-corrected chi connectivity index (χ1v) is 7.79. The molecule has 2 amide bonds. The number of hydrogen-bond donors (Lipinski definition) is 1. The molecule has 0 aromatic heterocycles. The van der Waals surface area contributed by atoms with E-state index in [-0.39, 0.29) is 23.4 Å². The molecule has 1 N–H and O–H groups in total. The average Bonchev–Trinajstić information content (AvgIpc) is 2.73. The van der Waals surface area contributed by atoms with Crippen molar-refractivity contribution in [3.8, 4) is 0 Å². The van der Waals surface area contributed by atoms with Gasteiger partial charge < -0.3 is 10.0 Å². The molecule has 19 heavy (non-hydrogen) atoms. The number of amides is 2. The van der Waals surface area contributed by atoms with Crippen molar-refractivity contribution in [3.05, 3.63) is 0 Å². The van der Waals surface area contributed by atoms with Crippen LogP contribution in [0.4, 0.5) is 4.79 Å². The largest absolute Gasteiger partial charge is 0.480 e. The molecule has 0 aromatic carbocycles. The van der Waals surface area contributed by atoms with Gasteiger partial charge in [0.1, 0.15) is 6.04 Å². The maximum Gasteiger partial charge on any atom is 0.327 e. The van der Waals surface area contributed by atoms with E-state index in [9.17, 15) is 14.7 Å². The van der Waals surface area contributed by atoms with Gasteiger partial charge in [-0.05, 0) is 26.7 Å². The molecule has 0 bridgehead atoms. The zero-order valence-electron chi connectivity index (χ0n) is 12.3. The third-order valence-electron chi connectivity index (χ3n) is 3.32. The van der Waals surface area contributed by atoms with Crippen LogP contribution in [0, 0.1) is 5.92 Å². The van der Waals surface area contributed by atoms with Crippen LogP contribution in [0.15, 0.2) is 0 Å². The van der Waals surface area contributed by atoms with Crippen LogP contribution < -0.4 is 0 Å². The fourth-order valence-electron chi connectivity index (χ4n) is 2.34. The Morgan fingerprint density at radius 1 is 1.37 bits per heavy atom. The van der Waals surface area contributed by atoms with E-state index in [1.54, 1.807) is 21.6 Å². The first-order valence-electron chi connectivity index (χ1n) is 6.74. The highest BCUT2D eigenvalue weighted by Crippen LogP contribution is 2.35. The Morgan fingerprint density at radius 2 is 1.95 bits per heavy atom. The third kappa shape index (κ3) is 3.35. The summed E-state index contributed by atoms with van der Waals surface area (Å²) >= 11 is 1.56. The summed E-state index contributed by atoms with van der Waals surface area (Å²) in [4.78, 5) is 27.2. The van der Waals surface area contributed by atoms with Gasteiger partial charge in [-0.2, -0.15) is 0 Å². The highest BCUT2D eigenvalue weighted by molar-refractivity contribution is 8.00. The molecule has 6 heteroatoms. The maximum absolute atomic E-state index is 12.6. The Morgan fingerprint density at radius 3 is 2.32 bits per heavy atom. The summed E-state index contributed by atoms with van der Waals surface area (Å²) in [5, 5.41) is 9.25. The van der Waals surface area contributed by atoms with Gasteiger partial charge in [0.05, 0.1) is 5.37 Å². The number of rotatable bonds is 4. The van der Waals surface area contributed by atoms with Crippen LogP contribution in [0.3, 0.4) is 0 Å². The Kier molecular flexibility index (Phi) is 5.52. The van der Waals surface area contributed by atoms with Gasteiger partial charge in [0.25, 0.3) is 0 Å². The molecule has 2 unspecified atom stereocenters. The molecule has 1 heterocycles. The van der Waals surface area contributed by atoms with Crippen molar-refractivity contribution in [3.63, 3.8) is 0 Å². The third-order valence-corrected chi connectivity index (χ3v) is 4.94. The molecule has 1 saturated heterocycles. The highest BCUT2D eigenvalue weighted by atomic mass is 32.2. The zero-order valence-corrected chi connectivity index (χ0v) is 13.1. The number of carbonyl (C=O) groups excluding carboxylic acids is 1. The van der Waals surface area contributed by atoms with E-state index in [4.69, 9.17) is 0 Å². The van der Waals surface area contributed by atoms with Crippen LogP contribution >= 0.6 is 11.8 Å². The van der Waals surface area contributed by atoms with E-state index >= 15 is 0 Å². The first kappa shape index (κ1) is 16.1. The van der Waals surface area contributed by atoms with Gasteiger partial charge in [-0.3, -0.25) is 4.90 Å². The van der Waals surface area contributed by atoms with Gasteiger partial charge in [0.15, 0.2) is 0 Å². The molecule has 0 saturated carbocycles. The topological polar surface area (TPSA) is 60.9 Å². The summed E-state index contributed by atoms with van der Waals surface area (Å²) in [5.74, 6) is -0.201.